The molecule has 0 atom stereocenters. The van der Waals surface area contributed by atoms with Crippen molar-refractivity contribution in [3.8, 4) is 0 Å². The maximum absolute atomic E-state index is 6.24. The number of hydrogen-bond donors (Lipinski definition) is 1. The monoisotopic (exact) mass is 353 g/mol. The number of nitrogens with two attached hydrogens (primary N) is 1. The van der Waals surface area contributed by atoms with Crippen LogP contribution in [-0.4, -0.2) is 23.9 Å². The molecule has 1 aromatic heterocycles. The van der Waals surface area contributed by atoms with Gasteiger partial charge in [-0.2, -0.15) is 0 Å². The molecular formula is C20H20ClN3O. The number of ether oxygens (including phenoxy) is 1. The van der Waals surface area contributed by atoms with Crippen LogP contribution < -0.4 is 5.73 Å². The quantitative estimate of drug-likeness (QED) is 0.903. The molecule has 0 bridgehead atoms. The lowest BCUT2D eigenvalue weighted by molar-refractivity contribution is 0.157. The van der Waals surface area contributed by atoms with E-state index in [9.17, 15) is 0 Å². The molecule has 1 aliphatic rings. The second-order valence-corrected chi connectivity index (χ2v) is 6.19. The van der Waals surface area contributed by atoms with Gasteiger partial charge in [0.05, 0.1) is 30.3 Å². The molecule has 3 rings (SSSR count). The van der Waals surface area contributed by atoms with Crippen LogP contribution in [0.5, 0.6) is 0 Å². The first-order valence-corrected chi connectivity index (χ1v) is 8.50. The minimum atomic E-state index is 0.489. The van der Waals surface area contributed by atoms with Crippen molar-refractivity contribution in [1.82, 2.24) is 4.98 Å². The normalized spacial score (nSPS) is 17.8. The number of rotatable bonds is 4. The standard InChI is InChI=1S/C20H20ClN3O/c1-14(23-20-9-10-25-13-16(20)12-22)19-8-4-6-17(24-19)11-15-5-2-3-7-18(15)21/h2-8,12H,1,9-11,13,22H2/b16-12-,23-20-. The predicted molar refractivity (Wildman–Crippen MR) is 103 cm³/mol. The van der Waals surface area contributed by atoms with Gasteiger partial charge in [0, 0.05) is 35.3 Å². The highest BCUT2D eigenvalue weighted by molar-refractivity contribution is 6.31. The molecule has 0 spiro atoms. The average molecular weight is 354 g/mol. The van der Waals surface area contributed by atoms with Gasteiger partial charge in [0.2, 0.25) is 0 Å². The number of pyridine rings is 1. The summed E-state index contributed by atoms with van der Waals surface area (Å²) in [6, 6.07) is 13.6. The lowest BCUT2D eigenvalue weighted by Crippen LogP contribution is -2.20. The van der Waals surface area contributed by atoms with Crippen LogP contribution in [0.4, 0.5) is 0 Å². The first-order valence-electron chi connectivity index (χ1n) is 8.12. The zero-order valence-corrected chi connectivity index (χ0v) is 14.7. The Morgan fingerprint density at radius 3 is 2.92 bits per heavy atom. The van der Waals surface area contributed by atoms with E-state index in [1.54, 1.807) is 6.20 Å². The molecule has 0 aliphatic carbocycles. The van der Waals surface area contributed by atoms with Crippen molar-refractivity contribution in [3.63, 3.8) is 0 Å². The Morgan fingerprint density at radius 2 is 2.12 bits per heavy atom. The van der Waals surface area contributed by atoms with Crippen LogP contribution in [0.1, 0.15) is 23.4 Å². The summed E-state index contributed by atoms with van der Waals surface area (Å²) >= 11 is 6.24. The van der Waals surface area contributed by atoms with Crippen LogP contribution in [-0.2, 0) is 11.2 Å². The number of hydrogen-bond acceptors (Lipinski definition) is 4. The molecule has 5 heteroatoms. The summed E-state index contributed by atoms with van der Waals surface area (Å²) in [5.74, 6) is 0. The summed E-state index contributed by atoms with van der Waals surface area (Å²) in [4.78, 5) is 9.31. The molecule has 25 heavy (non-hydrogen) atoms. The van der Waals surface area contributed by atoms with Crippen LogP contribution >= 0.6 is 11.6 Å². The summed E-state index contributed by atoms with van der Waals surface area (Å²) in [6.45, 7) is 5.20. The summed E-state index contributed by atoms with van der Waals surface area (Å²) in [5.41, 5.74) is 10.8. The minimum absolute atomic E-state index is 0.489. The van der Waals surface area contributed by atoms with E-state index in [0.29, 0.717) is 25.3 Å². The molecule has 0 saturated carbocycles. The maximum atomic E-state index is 6.24. The Bertz CT molecular complexity index is 842. The zero-order valence-electron chi connectivity index (χ0n) is 13.9. The van der Waals surface area contributed by atoms with E-state index in [-0.39, 0.29) is 0 Å². The van der Waals surface area contributed by atoms with Gasteiger partial charge in [0.15, 0.2) is 0 Å². The Hall–Kier alpha value is -2.43. The first-order chi connectivity index (χ1) is 12.2. The van der Waals surface area contributed by atoms with Crippen LogP contribution in [0.25, 0.3) is 5.70 Å². The Morgan fingerprint density at radius 1 is 1.28 bits per heavy atom. The fraction of sp³-hybridized carbons (Fsp3) is 0.200. The third kappa shape index (κ3) is 4.35. The van der Waals surface area contributed by atoms with Crippen molar-refractivity contribution in [2.24, 2.45) is 10.7 Å². The molecule has 1 fully saturated rings. The zero-order chi connectivity index (χ0) is 17.6. The maximum Gasteiger partial charge on any atom is 0.0883 e. The van der Waals surface area contributed by atoms with Crippen LogP contribution in [0.3, 0.4) is 0 Å². The summed E-state index contributed by atoms with van der Waals surface area (Å²) in [7, 11) is 0. The van der Waals surface area contributed by atoms with E-state index < -0.39 is 0 Å². The number of benzene rings is 1. The second kappa shape index (κ2) is 8.10. The molecule has 4 nitrogen and oxygen atoms in total. The Balaban J connectivity index is 1.81. The molecule has 128 valence electrons. The van der Waals surface area contributed by atoms with Crippen molar-refractivity contribution < 1.29 is 4.74 Å². The van der Waals surface area contributed by atoms with Crippen LogP contribution in [0.15, 0.2) is 65.8 Å². The molecular weight excluding hydrogens is 334 g/mol. The van der Waals surface area contributed by atoms with E-state index in [4.69, 9.17) is 22.1 Å². The van der Waals surface area contributed by atoms with Crippen molar-refractivity contribution >= 4 is 23.0 Å². The Kier molecular flexibility index (Phi) is 5.64. The van der Waals surface area contributed by atoms with E-state index >= 15 is 0 Å². The van der Waals surface area contributed by atoms with Crippen LogP contribution in [0, 0.1) is 0 Å². The van der Waals surface area contributed by atoms with Gasteiger partial charge in [0.25, 0.3) is 0 Å². The fourth-order valence-electron chi connectivity index (χ4n) is 2.66. The molecule has 1 aromatic carbocycles. The number of nitrogens with zero attached hydrogens (tertiary/aromatic N) is 2. The Labute approximate surface area is 152 Å². The van der Waals surface area contributed by atoms with E-state index in [1.807, 2.05) is 42.5 Å². The predicted octanol–water partition coefficient (Wildman–Crippen LogP) is 4.00. The fourth-order valence-corrected chi connectivity index (χ4v) is 2.87. The molecule has 2 aromatic rings. The highest BCUT2D eigenvalue weighted by Gasteiger charge is 2.14. The topological polar surface area (TPSA) is 60.5 Å². The molecule has 0 unspecified atom stereocenters. The molecule has 2 heterocycles. The van der Waals surface area contributed by atoms with E-state index in [2.05, 4.69) is 16.6 Å². The number of aliphatic imine (C=N–C) groups is 1. The van der Waals surface area contributed by atoms with Crippen molar-refractivity contribution in [2.75, 3.05) is 13.2 Å². The van der Waals surface area contributed by atoms with Crippen molar-refractivity contribution in [2.45, 2.75) is 12.8 Å². The van der Waals surface area contributed by atoms with Crippen molar-refractivity contribution in [3.05, 3.63) is 82.8 Å². The van der Waals surface area contributed by atoms with Gasteiger partial charge in [-0.1, -0.05) is 42.4 Å². The van der Waals surface area contributed by atoms with E-state index in [1.165, 1.54) is 0 Å². The lowest BCUT2D eigenvalue weighted by atomic mass is 10.1. The SMILES string of the molecule is C=C(/N=C1/CCOC/C1=C/N)c1cccc(Cc2ccccc2Cl)n1. The number of aromatic nitrogens is 1. The highest BCUT2D eigenvalue weighted by atomic mass is 35.5. The molecule has 0 amide bonds. The van der Waals surface area contributed by atoms with Gasteiger partial charge in [-0.15, -0.1) is 0 Å². The van der Waals surface area contributed by atoms with Gasteiger partial charge >= 0.3 is 0 Å². The molecule has 1 saturated heterocycles. The lowest BCUT2D eigenvalue weighted by Gasteiger charge is -2.17. The minimum Gasteiger partial charge on any atom is -0.404 e. The van der Waals surface area contributed by atoms with Gasteiger partial charge < -0.3 is 10.5 Å². The number of halogens is 1. The summed E-state index contributed by atoms with van der Waals surface area (Å²) in [5, 5.41) is 0.744. The molecule has 1 aliphatic heterocycles. The van der Waals surface area contributed by atoms with E-state index in [0.717, 1.165) is 39.7 Å². The average Bonchev–Trinajstić information content (AvgIpc) is 2.64. The highest BCUT2D eigenvalue weighted by Crippen LogP contribution is 2.20. The first kappa shape index (κ1) is 17.4. The molecule has 2 N–H and O–H groups in total. The summed E-state index contributed by atoms with van der Waals surface area (Å²) < 4.78 is 5.40. The molecule has 0 radical (unpaired) electrons. The van der Waals surface area contributed by atoms with Gasteiger partial charge in [-0.3, -0.25) is 9.98 Å². The summed E-state index contributed by atoms with van der Waals surface area (Å²) in [6.07, 6.45) is 2.94. The van der Waals surface area contributed by atoms with Gasteiger partial charge in [0.1, 0.15) is 0 Å². The van der Waals surface area contributed by atoms with Crippen LogP contribution in [0.2, 0.25) is 5.02 Å². The third-order valence-corrected chi connectivity index (χ3v) is 4.38. The second-order valence-electron chi connectivity index (χ2n) is 5.78. The van der Waals surface area contributed by atoms with Crippen molar-refractivity contribution in [1.29, 1.82) is 0 Å². The largest absolute Gasteiger partial charge is 0.404 e. The van der Waals surface area contributed by atoms with Gasteiger partial charge in [-0.25, -0.2) is 0 Å². The smallest absolute Gasteiger partial charge is 0.0883 e. The van der Waals surface area contributed by atoms with Gasteiger partial charge in [-0.05, 0) is 23.8 Å². The third-order valence-electron chi connectivity index (χ3n) is 4.01.